The maximum atomic E-state index is 6.02. The van der Waals surface area contributed by atoms with Gasteiger partial charge in [0.05, 0.1) is 16.2 Å². The first-order valence-corrected chi connectivity index (χ1v) is 8.03. The first-order valence-electron chi connectivity index (χ1n) is 7.27. The molecule has 2 aromatic carbocycles. The number of nitrogens with zero attached hydrogens (tertiary/aromatic N) is 3. The van der Waals surface area contributed by atoms with E-state index in [1.807, 2.05) is 25.1 Å². The molecule has 24 heavy (non-hydrogen) atoms. The molecule has 0 saturated heterocycles. The molecule has 2 N–H and O–H groups in total. The number of rotatable bonds is 4. The summed E-state index contributed by atoms with van der Waals surface area (Å²) in [6.45, 7) is 4.08. The van der Waals surface area contributed by atoms with E-state index in [2.05, 4.69) is 38.8 Å². The highest BCUT2D eigenvalue weighted by atomic mass is 35.5. The van der Waals surface area contributed by atoms with Crippen LogP contribution in [0, 0.1) is 13.8 Å². The summed E-state index contributed by atoms with van der Waals surface area (Å²) in [7, 11) is 0. The summed E-state index contributed by atoms with van der Waals surface area (Å²) in [6.07, 6.45) is 1.54. The van der Waals surface area contributed by atoms with E-state index in [0.717, 1.165) is 16.9 Å². The minimum Gasteiger partial charge on any atom is -0.339 e. The molecule has 3 aromatic rings. The second kappa shape index (κ2) is 7.03. The van der Waals surface area contributed by atoms with Crippen molar-refractivity contribution in [3.05, 3.63) is 63.8 Å². The lowest BCUT2D eigenvalue weighted by Crippen LogP contribution is -2.03. The minimum atomic E-state index is 0.409. The Morgan fingerprint density at radius 2 is 1.75 bits per heavy atom. The van der Waals surface area contributed by atoms with E-state index in [9.17, 15) is 0 Å². The lowest BCUT2D eigenvalue weighted by molar-refractivity contribution is 0.981. The average molecular weight is 360 g/mol. The predicted octanol–water partition coefficient (Wildman–Crippen LogP) is 5.28. The average Bonchev–Trinajstić information content (AvgIpc) is 2.54. The third-order valence-corrected chi connectivity index (χ3v) is 4.12. The van der Waals surface area contributed by atoms with Crippen LogP contribution in [0.15, 0.2) is 42.6 Å². The molecule has 3 rings (SSSR count). The third kappa shape index (κ3) is 3.93. The number of aryl methyl sites for hydroxylation is 2. The van der Waals surface area contributed by atoms with E-state index in [-0.39, 0.29) is 0 Å². The zero-order valence-corrected chi connectivity index (χ0v) is 14.7. The fourth-order valence-corrected chi connectivity index (χ4v) is 2.51. The van der Waals surface area contributed by atoms with Crippen molar-refractivity contribution in [3.63, 3.8) is 0 Å². The Hall–Kier alpha value is -2.37. The van der Waals surface area contributed by atoms with Gasteiger partial charge in [-0.05, 0) is 43.7 Å². The van der Waals surface area contributed by atoms with Gasteiger partial charge in [-0.25, -0.2) is 0 Å². The molecule has 0 aliphatic heterocycles. The molecule has 0 unspecified atom stereocenters. The van der Waals surface area contributed by atoms with Crippen LogP contribution in [0.25, 0.3) is 0 Å². The number of aromatic nitrogens is 3. The maximum Gasteiger partial charge on any atom is 0.249 e. The summed E-state index contributed by atoms with van der Waals surface area (Å²) in [5, 5.41) is 15.2. The van der Waals surface area contributed by atoms with Crippen molar-refractivity contribution in [2.45, 2.75) is 13.8 Å². The van der Waals surface area contributed by atoms with Crippen LogP contribution in [0.5, 0.6) is 0 Å². The van der Waals surface area contributed by atoms with Crippen LogP contribution in [0.4, 0.5) is 23.1 Å². The lowest BCUT2D eigenvalue weighted by atomic mass is 10.1. The molecular formula is C17H15Cl2N5. The van der Waals surface area contributed by atoms with Crippen LogP contribution in [-0.2, 0) is 0 Å². The van der Waals surface area contributed by atoms with Gasteiger partial charge in [0.1, 0.15) is 0 Å². The minimum absolute atomic E-state index is 0.409. The molecule has 0 fully saturated rings. The van der Waals surface area contributed by atoms with Crippen molar-refractivity contribution < 1.29 is 0 Å². The zero-order valence-electron chi connectivity index (χ0n) is 13.1. The molecule has 0 saturated carbocycles. The number of halogens is 2. The van der Waals surface area contributed by atoms with Crippen LogP contribution >= 0.6 is 23.2 Å². The fraction of sp³-hybridized carbons (Fsp3) is 0.118. The molecule has 5 nitrogen and oxygen atoms in total. The summed E-state index contributed by atoms with van der Waals surface area (Å²) in [4.78, 5) is 4.41. The number of benzene rings is 2. The first-order chi connectivity index (χ1) is 11.5. The Labute approximate surface area is 150 Å². The first kappa shape index (κ1) is 16.5. The van der Waals surface area contributed by atoms with Gasteiger partial charge in [-0.15, -0.1) is 5.10 Å². The SMILES string of the molecule is Cc1ccc(Nc2nncc(Nc3ccc(Cl)c(Cl)c3)n2)c(C)c1. The Bertz CT molecular complexity index is 883. The summed E-state index contributed by atoms with van der Waals surface area (Å²) in [5.41, 5.74) is 4.02. The number of hydrogen-bond acceptors (Lipinski definition) is 5. The van der Waals surface area contributed by atoms with Gasteiger partial charge in [0, 0.05) is 11.4 Å². The van der Waals surface area contributed by atoms with Gasteiger partial charge in [-0.1, -0.05) is 40.9 Å². The summed E-state index contributed by atoms with van der Waals surface area (Å²) >= 11 is 11.9. The second-order valence-electron chi connectivity index (χ2n) is 5.36. The maximum absolute atomic E-state index is 6.02. The quantitative estimate of drug-likeness (QED) is 0.663. The highest BCUT2D eigenvalue weighted by molar-refractivity contribution is 6.42. The Morgan fingerprint density at radius 1 is 0.917 bits per heavy atom. The Balaban J connectivity index is 1.79. The molecule has 0 atom stereocenters. The smallest absolute Gasteiger partial charge is 0.249 e. The Morgan fingerprint density at radius 3 is 2.50 bits per heavy atom. The molecule has 122 valence electrons. The third-order valence-electron chi connectivity index (χ3n) is 3.38. The molecule has 0 radical (unpaired) electrons. The molecule has 0 aliphatic carbocycles. The summed E-state index contributed by atoms with van der Waals surface area (Å²) in [5.74, 6) is 0.961. The molecule has 1 aromatic heterocycles. The van der Waals surface area contributed by atoms with Crippen LogP contribution in [0.2, 0.25) is 10.0 Å². The molecule has 7 heteroatoms. The predicted molar refractivity (Wildman–Crippen MR) is 98.8 cm³/mol. The van der Waals surface area contributed by atoms with Crippen molar-refractivity contribution in [2.75, 3.05) is 10.6 Å². The summed E-state index contributed by atoms with van der Waals surface area (Å²) in [6, 6.07) is 11.4. The van der Waals surface area contributed by atoms with E-state index < -0.39 is 0 Å². The standard InChI is InChI=1S/C17H15Cl2N5/c1-10-3-6-15(11(2)7-10)22-17-23-16(9-20-24-17)21-12-4-5-13(18)14(19)8-12/h3-9H,1-2H3,(H2,21,22,23,24). The van der Waals surface area contributed by atoms with Crippen LogP contribution in [0.1, 0.15) is 11.1 Å². The number of anilines is 4. The van der Waals surface area contributed by atoms with Crippen LogP contribution in [-0.4, -0.2) is 15.2 Å². The number of hydrogen-bond donors (Lipinski definition) is 2. The van der Waals surface area contributed by atoms with Gasteiger partial charge in [0.25, 0.3) is 0 Å². The monoisotopic (exact) mass is 359 g/mol. The largest absolute Gasteiger partial charge is 0.339 e. The number of nitrogens with one attached hydrogen (secondary N) is 2. The van der Waals surface area contributed by atoms with Crippen molar-refractivity contribution in [2.24, 2.45) is 0 Å². The molecule has 0 aliphatic rings. The molecule has 0 spiro atoms. The molecule has 1 heterocycles. The van der Waals surface area contributed by atoms with Crippen LogP contribution in [0.3, 0.4) is 0 Å². The van der Waals surface area contributed by atoms with Crippen molar-refractivity contribution in [1.29, 1.82) is 0 Å². The van der Waals surface area contributed by atoms with Crippen LogP contribution < -0.4 is 10.6 Å². The molecule has 0 amide bonds. The van der Waals surface area contributed by atoms with E-state index >= 15 is 0 Å². The van der Waals surface area contributed by atoms with Gasteiger partial charge in [-0.3, -0.25) is 0 Å². The Kier molecular flexibility index (Phi) is 4.83. The molecule has 0 bridgehead atoms. The van der Waals surface area contributed by atoms with E-state index in [4.69, 9.17) is 23.2 Å². The fourth-order valence-electron chi connectivity index (χ4n) is 2.21. The molecular weight excluding hydrogens is 345 g/mol. The van der Waals surface area contributed by atoms with E-state index in [0.29, 0.717) is 21.8 Å². The van der Waals surface area contributed by atoms with Gasteiger partial charge in [0.15, 0.2) is 5.82 Å². The topological polar surface area (TPSA) is 62.7 Å². The normalized spacial score (nSPS) is 10.5. The van der Waals surface area contributed by atoms with Crippen molar-refractivity contribution >= 4 is 46.3 Å². The van der Waals surface area contributed by atoms with E-state index in [1.165, 1.54) is 11.8 Å². The van der Waals surface area contributed by atoms with Gasteiger partial charge in [-0.2, -0.15) is 10.1 Å². The zero-order chi connectivity index (χ0) is 17.1. The van der Waals surface area contributed by atoms with Crippen molar-refractivity contribution in [3.8, 4) is 0 Å². The van der Waals surface area contributed by atoms with Crippen molar-refractivity contribution in [1.82, 2.24) is 15.2 Å². The summed E-state index contributed by atoms with van der Waals surface area (Å²) < 4.78 is 0. The van der Waals surface area contributed by atoms with Gasteiger partial charge < -0.3 is 10.6 Å². The second-order valence-corrected chi connectivity index (χ2v) is 6.18. The van der Waals surface area contributed by atoms with Gasteiger partial charge in [0.2, 0.25) is 5.95 Å². The highest BCUT2D eigenvalue weighted by Gasteiger charge is 2.05. The highest BCUT2D eigenvalue weighted by Crippen LogP contribution is 2.26. The lowest BCUT2D eigenvalue weighted by Gasteiger charge is -2.10. The van der Waals surface area contributed by atoms with Gasteiger partial charge >= 0.3 is 0 Å². The van der Waals surface area contributed by atoms with E-state index in [1.54, 1.807) is 12.1 Å².